The normalized spacial score (nSPS) is 22.2. The van der Waals surface area contributed by atoms with Crippen LogP contribution in [0.25, 0.3) is 0 Å². The van der Waals surface area contributed by atoms with Crippen LogP contribution in [-0.2, 0) is 9.53 Å². The number of hydrogen-bond acceptors (Lipinski definition) is 3. The van der Waals surface area contributed by atoms with Gasteiger partial charge in [0.1, 0.15) is 0 Å². The summed E-state index contributed by atoms with van der Waals surface area (Å²) in [6.07, 6.45) is 2.13. The average Bonchev–Trinajstić information content (AvgIpc) is 2.80. The van der Waals surface area contributed by atoms with E-state index in [4.69, 9.17) is 4.74 Å². The van der Waals surface area contributed by atoms with E-state index in [1.54, 1.807) is 4.90 Å². The highest BCUT2D eigenvalue weighted by atomic mass is 16.6. The van der Waals surface area contributed by atoms with Gasteiger partial charge in [-0.3, -0.25) is 4.79 Å². The van der Waals surface area contributed by atoms with E-state index in [2.05, 4.69) is 0 Å². The van der Waals surface area contributed by atoms with E-state index in [-0.39, 0.29) is 17.8 Å². The first-order valence-corrected chi connectivity index (χ1v) is 5.57. The third kappa shape index (κ3) is 1.85. The van der Waals surface area contributed by atoms with Crippen molar-refractivity contribution in [2.24, 2.45) is 5.92 Å². The maximum absolute atomic E-state index is 11.8. The summed E-state index contributed by atoms with van der Waals surface area (Å²) in [4.78, 5) is 25.0. The molecule has 2 rings (SSSR count). The number of ketones is 1. The van der Waals surface area contributed by atoms with Crippen molar-refractivity contribution in [2.75, 3.05) is 13.1 Å². The number of Topliss-reactive ketones (excluding diaryl/α,β-unsaturated/α-hetero) is 1. The Morgan fingerprint density at radius 1 is 1.27 bits per heavy atom. The van der Waals surface area contributed by atoms with E-state index in [0.29, 0.717) is 12.8 Å². The number of rotatable bonds is 3. The third-order valence-electron chi connectivity index (χ3n) is 3.07. The van der Waals surface area contributed by atoms with E-state index in [0.717, 1.165) is 19.5 Å². The molecular weight excluding hydrogens is 194 g/mol. The molecule has 1 saturated heterocycles. The van der Waals surface area contributed by atoms with Crippen LogP contribution < -0.4 is 0 Å². The number of carbonyl (C=O) groups excluding carboxylic acids is 2. The van der Waals surface area contributed by atoms with Crippen molar-refractivity contribution in [1.29, 1.82) is 0 Å². The van der Waals surface area contributed by atoms with E-state index in [1.165, 1.54) is 0 Å². The quantitative estimate of drug-likeness (QED) is 0.712. The molecule has 0 bridgehead atoms. The lowest BCUT2D eigenvalue weighted by atomic mass is 10.0. The Bertz CT molecular complexity index is 290. The van der Waals surface area contributed by atoms with E-state index in [9.17, 15) is 9.59 Å². The zero-order chi connectivity index (χ0) is 11.1. The van der Waals surface area contributed by atoms with Gasteiger partial charge in [-0.15, -0.1) is 0 Å². The summed E-state index contributed by atoms with van der Waals surface area (Å²) in [7, 11) is 0. The predicted octanol–water partition coefficient (Wildman–Crippen LogP) is 1.59. The molecule has 0 aromatic rings. The smallest absolute Gasteiger partial charge is 0.410 e. The Morgan fingerprint density at radius 3 is 2.20 bits per heavy atom. The highest BCUT2D eigenvalue weighted by Crippen LogP contribution is 2.42. The molecule has 15 heavy (non-hydrogen) atoms. The number of nitrogens with zero attached hydrogens (tertiary/aromatic N) is 1. The van der Waals surface area contributed by atoms with Gasteiger partial charge in [-0.2, -0.15) is 0 Å². The summed E-state index contributed by atoms with van der Waals surface area (Å²) in [5.41, 5.74) is -0.763. The van der Waals surface area contributed by atoms with Crippen LogP contribution >= 0.6 is 0 Å². The molecule has 1 amide bonds. The van der Waals surface area contributed by atoms with Gasteiger partial charge in [-0.1, -0.05) is 13.8 Å². The molecule has 0 N–H and O–H groups in total. The van der Waals surface area contributed by atoms with Gasteiger partial charge >= 0.3 is 6.09 Å². The van der Waals surface area contributed by atoms with Crippen LogP contribution in [-0.4, -0.2) is 35.5 Å². The first-order valence-electron chi connectivity index (χ1n) is 5.57. The van der Waals surface area contributed by atoms with Gasteiger partial charge in [0.15, 0.2) is 11.4 Å². The summed E-state index contributed by atoms with van der Waals surface area (Å²) in [5, 5.41) is 0. The topological polar surface area (TPSA) is 46.6 Å². The van der Waals surface area contributed by atoms with E-state index in [1.807, 2.05) is 13.8 Å². The lowest BCUT2D eigenvalue weighted by molar-refractivity contribution is -0.133. The Morgan fingerprint density at radius 2 is 1.87 bits per heavy atom. The van der Waals surface area contributed by atoms with Crippen LogP contribution in [0.4, 0.5) is 4.79 Å². The minimum Gasteiger partial charge on any atom is -0.435 e. The number of amides is 1. The lowest BCUT2D eigenvalue weighted by Crippen LogP contribution is -2.45. The predicted molar refractivity (Wildman–Crippen MR) is 54.5 cm³/mol. The zero-order valence-electron chi connectivity index (χ0n) is 9.28. The van der Waals surface area contributed by atoms with Gasteiger partial charge in [0.2, 0.25) is 0 Å². The molecule has 4 nitrogen and oxygen atoms in total. The molecule has 2 fully saturated rings. The fraction of sp³-hybridized carbons (Fsp3) is 0.818. The number of ether oxygens (including phenoxy) is 1. The minimum atomic E-state index is -0.763. The second kappa shape index (κ2) is 3.51. The first-order chi connectivity index (χ1) is 7.05. The Balaban J connectivity index is 1.93. The van der Waals surface area contributed by atoms with Crippen LogP contribution in [0, 0.1) is 5.92 Å². The van der Waals surface area contributed by atoms with Crippen molar-refractivity contribution in [3.63, 3.8) is 0 Å². The van der Waals surface area contributed by atoms with Crippen LogP contribution in [0.15, 0.2) is 0 Å². The first kappa shape index (κ1) is 10.5. The summed E-state index contributed by atoms with van der Waals surface area (Å²) >= 11 is 0. The molecule has 0 aromatic carbocycles. The minimum absolute atomic E-state index is 0.0586. The average molecular weight is 211 g/mol. The SMILES string of the molecule is CC(C)C(=O)C1(OC(=O)N2CCC2)CC1. The van der Waals surface area contributed by atoms with E-state index >= 15 is 0 Å². The molecule has 4 heteroatoms. The molecule has 0 spiro atoms. The number of likely N-dealkylation sites (tertiary alicyclic amines) is 1. The fourth-order valence-electron chi connectivity index (χ4n) is 1.77. The molecule has 1 aliphatic heterocycles. The van der Waals surface area contributed by atoms with Gasteiger partial charge in [-0.25, -0.2) is 4.79 Å². The van der Waals surface area contributed by atoms with Crippen molar-refractivity contribution in [3.8, 4) is 0 Å². The van der Waals surface area contributed by atoms with Crippen LogP contribution in [0.3, 0.4) is 0 Å². The maximum atomic E-state index is 11.8. The third-order valence-corrected chi connectivity index (χ3v) is 3.07. The van der Waals surface area contributed by atoms with Crippen LogP contribution in [0.2, 0.25) is 0 Å². The number of hydrogen-bond donors (Lipinski definition) is 0. The summed E-state index contributed by atoms with van der Waals surface area (Å²) in [5.74, 6) is 0.00747. The highest BCUT2D eigenvalue weighted by Gasteiger charge is 2.54. The molecule has 1 heterocycles. The van der Waals surface area contributed by atoms with Crippen molar-refractivity contribution < 1.29 is 14.3 Å². The monoisotopic (exact) mass is 211 g/mol. The van der Waals surface area contributed by atoms with Crippen molar-refractivity contribution >= 4 is 11.9 Å². The summed E-state index contributed by atoms with van der Waals surface area (Å²) in [6.45, 7) is 5.23. The summed E-state index contributed by atoms with van der Waals surface area (Å²) < 4.78 is 5.31. The molecule has 1 saturated carbocycles. The van der Waals surface area contributed by atoms with Crippen molar-refractivity contribution in [3.05, 3.63) is 0 Å². The zero-order valence-corrected chi connectivity index (χ0v) is 9.28. The molecule has 0 radical (unpaired) electrons. The van der Waals surface area contributed by atoms with Crippen LogP contribution in [0.1, 0.15) is 33.1 Å². The van der Waals surface area contributed by atoms with Gasteiger partial charge in [-0.05, 0) is 19.3 Å². The second-order valence-corrected chi connectivity index (χ2v) is 4.72. The second-order valence-electron chi connectivity index (χ2n) is 4.72. The standard InChI is InChI=1S/C11H17NO3/c1-8(2)9(13)11(4-5-11)15-10(14)12-6-3-7-12/h8H,3-7H2,1-2H3. The molecular formula is C11H17NO3. The summed E-state index contributed by atoms with van der Waals surface area (Å²) in [6, 6.07) is 0. The molecule has 0 atom stereocenters. The van der Waals surface area contributed by atoms with Crippen molar-refractivity contribution in [1.82, 2.24) is 4.90 Å². The molecule has 0 unspecified atom stereocenters. The Labute approximate surface area is 89.6 Å². The van der Waals surface area contributed by atoms with Gasteiger partial charge in [0.25, 0.3) is 0 Å². The van der Waals surface area contributed by atoms with E-state index < -0.39 is 5.60 Å². The fourth-order valence-corrected chi connectivity index (χ4v) is 1.77. The molecule has 0 aromatic heterocycles. The van der Waals surface area contributed by atoms with Gasteiger partial charge in [0, 0.05) is 19.0 Å². The van der Waals surface area contributed by atoms with Gasteiger partial charge in [0.05, 0.1) is 0 Å². The lowest BCUT2D eigenvalue weighted by Gasteiger charge is -2.31. The Kier molecular flexibility index (Phi) is 2.44. The maximum Gasteiger partial charge on any atom is 0.410 e. The van der Waals surface area contributed by atoms with Crippen LogP contribution in [0.5, 0.6) is 0 Å². The molecule has 1 aliphatic carbocycles. The van der Waals surface area contributed by atoms with Gasteiger partial charge < -0.3 is 9.64 Å². The highest BCUT2D eigenvalue weighted by molar-refractivity contribution is 5.93. The largest absolute Gasteiger partial charge is 0.435 e. The molecule has 2 aliphatic rings. The van der Waals surface area contributed by atoms with Crippen molar-refractivity contribution in [2.45, 2.75) is 38.7 Å². The number of carbonyl (C=O) groups is 2. The molecule has 84 valence electrons. The Hall–Kier alpha value is -1.06.